The molecular formula is C22H21ClN4O. The number of hydrogen-bond acceptors (Lipinski definition) is 3. The number of rotatable bonds is 4. The number of carbonyl (C=O) groups excluding carboxylic acids is 1. The largest absolute Gasteiger partial charge is 0.322 e. The number of aromatic nitrogens is 1. The fraction of sp³-hybridized carbons (Fsp3) is 0.318. The van der Waals surface area contributed by atoms with E-state index in [0.29, 0.717) is 18.1 Å². The molecule has 0 bridgehead atoms. The Balaban J connectivity index is 1.80. The second kappa shape index (κ2) is 6.96. The summed E-state index contributed by atoms with van der Waals surface area (Å²) >= 11 is 6.35. The molecule has 2 atom stereocenters. The molecule has 2 aromatic rings. The van der Waals surface area contributed by atoms with Crippen molar-refractivity contribution in [2.45, 2.75) is 37.6 Å². The van der Waals surface area contributed by atoms with Crippen LogP contribution in [0.3, 0.4) is 0 Å². The van der Waals surface area contributed by atoms with Gasteiger partial charge in [-0.3, -0.25) is 4.98 Å². The summed E-state index contributed by atoms with van der Waals surface area (Å²) in [5.74, 6) is -0.131. The Bertz CT molecular complexity index is 1010. The Labute approximate surface area is 169 Å². The van der Waals surface area contributed by atoms with Crippen LogP contribution in [-0.4, -0.2) is 22.5 Å². The summed E-state index contributed by atoms with van der Waals surface area (Å²) in [6.07, 6.45) is 4.97. The summed E-state index contributed by atoms with van der Waals surface area (Å²) in [5.41, 5.74) is 3.55. The molecular weight excluding hydrogens is 372 g/mol. The van der Waals surface area contributed by atoms with Crippen molar-refractivity contribution >= 4 is 23.3 Å². The first kappa shape index (κ1) is 18.5. The van der Waals surface area contributed by atoms with E-state index < -0.39 is 5.41 Å². The number of amides is 2. The summed E-state index contributed by atoms with van der Waals surface area (Å²) in [7, 11) is 0. The molecule has 5 nitrogen and oxygen atoms in total. The van der Waals surface area contributed by atoms with Crippen LogP contribution in [0.15, 0.2) is 43.1 Å². The van der Waals surface area contributed by atoms with Crippen molar-refractivity contribution in [3.8, 4) is 6.07 Å². The lowest BCUT2D eigenvalue weighted by molar-refractivity contribution is 0.210. The Hall–Kier alpha value is -2.84. The third kappa shape index (κ3) is 2.68. The number of nitriles is 1. The van der Waals surface area contributed by atoms with E-state index in [4.69, 9.17) is 11.6 Å². The molecule has 0 radical (unpaired) electrons. The lowest BCUT2D eigenvalue weighted by atomic mass is 9.70. The molecule has 1 N–H and O–H groups in total. The number of fused-ring (bicyclic) bond motifs is 2. The standard InChI is InChI=1S/C22H21ClN4O/c1-3-22(13-24,17-8-7-16-18(23)9-10-25-20(16)17)15-6-5-14-12-27(4-2)21(28)26-19(14)11-15/h3,5-6,9-11,17H,1,4,7-8,12H2,2H3,(H,26,28)/t17?,22-/m1/s1. The monoisotopic (exact) mass is 392 g/mol. The van der Waals surface area contributed by atoms with Crippen molar-refractivity contribution in [1.29, 1.82) is 5.26 Å². The molecule has 2 amide bonds. The third-order valence-corrected chi connectivity index (χ3v) is 6.32. The van der Waals surface area contributed by atoms with Crippen LogP contribution in [0.2, 0.25) is 5.02 Å². The van der Waals surface area contributed by atoms with E-state index >= 15 is 0 Å². The molecule has 0 saturated carbocycles. The van der Waals surface area contributed by atoms with Crippen molar-refractivity contribution < 1.29 is 4.79 Å². The average molecular weight is 393 g/mol. The minimum atomic E-state index is -0.940. The second-order valence-corrected chi connectivity index (χ2v) is 7.66. The number of hydrogen-bond donors (Lipinski definition) is 1. The highest BCUT2D eigenvalue weighted by Crippen LogP contribution is 2.48. The number of halogens is 1. The van der Waals surface area contributed by atoms with Gasteiger partial charge >= 0.3 is 6.03 Å². The van der Waals surface area contributed by atoms with Gasteiger partial charge in [-0.2, -0.15) is 5.26 Å². The van der Waals surface area contributed by atoms with Gasteiger partial charge in [0.15, 0.2) is 0 Å². The van der Waals surface area contributed by atoms with Crippen LogP contribution in [0.5, 0.6) is 0 Å². The molecule has 0 spiro atoms. The number of nitrogens with one attached hydrogen (secondary N) is 1. The highest BCUT2D eigenvalue weighted by Gasteiger charge is 2.44. The molecule has 142 valence electrons. The molecule has 1 aromatic carbocycles. The number of benzene rings is 1. The van der Waals surface area contributed by atoms with E-state index in [1.165, 1.54) is 0 Å². The fourth-order valence-corrected chi connectivity index (χ4v) is 4.61. The SMILES string of the molecule is C=C[C@@](C#N)(c1ccc2c(c1)NC(=O)N(CC)C2)C1CCc2c(Cl)ccnc21. The maximum absolute atomic E-state index is 12.3. The first-order valence-corrected chi connectivity index (χ1v) is 9.79. The molecule has 28 heavy (non-hydrogen) atoms. The molecule has 2 aliphatic rings. The summed E-state index contributed by atoms with van der Waals surface area (Å²) in [5, 5.41) is 13.9. The van der Waals surface area contributed by atoms with E-state index in [-0.39, 0.29) is 11.9 Å². The van der Waals surface area contributed by atoms with Crippen molar-refractivity contribution in [1.82, 2.24) is 9.88 Å². The van der Waals surface area contributed by atoms with Gasteiger partial charge in [0.05, 0.1) is 11.8 Å². The van der Waals surface area contributed by atoms with E-state index in [1.807, 2.05) is 25.1 Å². The van der Waals surface area contributed by atoms with Crippen LogP contribution < -0.4 is 5.32 Å². The van der Waals surface area contributed by atoms with Crippen LogP contribution in [0, 0.1) is 11.3 Å². The lowest BCUT2D eigenvalue weighted by Crippen LogP contribution is -2.38. The molecule has 1 unspecified atom stereocenters. The third-order valence-electron chi connectivity index (χ3n) is 5.96. The quantitative estimate of drug-likeness (QED) is 0.761. The van der Waals surface area contributed by atoms with Gasteiger partial charge in [-0.05, 0) is 48.6 Å². The Kier molecular flexibility index (Phi) is 4.60. The van der Waals surface area contributed by atoms with Gasteiger partial charge in [-0.15, -0.1) is 6.58 Å². The van der Waals surface area contributed by atoms with E-state index in [1.54, 1.807) is 23.2 Å². The maximum atomic E-state index is 12.3. The first-order chi connectivity index (χ1) is 13.5. The Morgan fingerprint density at radius 3 is 3.04 bits per heavy atom. The first-order valence-electron chi connectivity index (χ1n) is 9.41. The highest BCUT2D eigenvalue weighted by atomic mass is 35.5. The average Bonchev–Trinajstić information content (AvgIpc) is 3.15. The van der Waals surface area contributed by atoms with Gasteiger partial charge in [0, 0.05) is 35.9 Å². The summed E-state index contributed by atoms with van der Waals surface area (Å²) in [6.45, 7) is 7.16. The summed E-state index contributed by atoms with van der Waals surface area (Å²) < 4.78 is 0. The predicted octanol–water partition coefficient (Wildman–Crippen LogP) is 4.78. The molecule has 0 saturated heterocycles. The van der Waals surface area contributed by atoms with Crippen molar-refractivity contribution in [2.75, 3.05) is 11.9 Å². The van der Waals surface area contributed by atoms with Gasteiger partial charge in [0.25, 0.3) is 0 Å². The van der Waals surface area contributed by atoms with Gasteiger partial charge < -0.3 is 10.2 Å². The van der Waals surface area contributed by atoms with Crippen LogP contribution in [0.4, 0.5) is 10.5 Å². The summed E-state index contributed by atoms with van der Waals surface area (Å²) in [4.78, 5) is 18.5. The molecule has 6 heteroatoms. The van der Waals surface area contributed by atoms with E-state index in [9.17, 15) is 10.1 Å². The maximum Gasteiger partial charge on any atom is 0.322 e. The van der Waals surface area contributed by atoms with Gasteiger partial charge in [0.2, 0.25) is 0 Å². The molecule has 4 rings (SSSR count). The van der Waals surface area contributed by atoms with Gasteiger partial charge in [0.1, 0.15) is 5.41 Å². The number of urea groups is 1. The molecule has 1 aliphatic carbocycles. The van der Waals surface area contributed by atoms with E-state index in [2.05, 4.69) is 22.9 Å². The predicted molar refractivity (Wildman–Crippen MR) is 109 cm³/mol. The van der Waals surface area contributed by atoms with Crippen LogP contribution in [0.25, 0.3) is 0 Å². The zero-order chi connectivity index (χ0) is 19.9. The minimum absolute atomic E-state index is 0.118. The number of anilines is 1. The zero-order valence-electron chi connectivity index (χ0n) is 15.7. The van der Waals surface area contributed by atoms with Crippen molar-refractivity contribution in [3.05, 3.63) is 70.5 Å². The number of allylic oxidation sites excluding steroid dienone is 1. The normalized spacial score (nSPS) is 19.8. The van der Waals surface area contributed by atoms with E-state index in [0.717, 1.165) is 40.9 Å². The molecule has 1 aliphatic heterocycles. The van der Waals surface area contributed by atoms with Crippen LogP contribution in [-0.2, 0) is 18.4 Å². The summed E-state index contributed by atoms with van der Waals surface area (Å²) in [6, 6.07) is 10.0. The molecule has 1 aromatic heterocycles. The number of nitrogens with zero attached hydrogens (tertiary/aromatic N) is 3. The van der Waals surface area contributed by atoms with Crippen LogP contribution >= 0.6 is 11.6 Å². The zero-order valence-corrected chi connectivity index (χ0v) is 16.5. The minimum Gasteiger partial charge on any atom is -0.320 e. The molecule has 0 fully saturated rings. The van der Waals surface area contributed by atoms with Crippen molar-refractivity contribution in [3.63, 3.8) is 0 Å². The van der Waals surface area contributed by atoms with Crippen molar-refractivity contribution in [2.24, 2.45) is 0 Å². The topological polar surface area (TPSA) is 69.0 Å². The second-order valence-electron chi connectivity index (χ2n) is 7.25. The Morgan fingerprint density at radius 2 is 2.32 bits per heavy atom. The highest BCUT2D eigenvalue weighted by molar-refractivity contribution is 6.31. The van der Waals surface area contributed by atoms with Crippen LogP contribution in [0.1, 0.15) is 41.6 Å². The number of carbonyl (C=O) groups is 1. The molecule has 2 heterocycles. The van der Waals surface area contributed by atoms with Gasteiger partial charge in [-0.25, -0.2) is 4.79 Å². The van der Waals surface area contributed by atoms with Gasteiger partial charge in [-0.1, -0.05) is 29.8 Å². The smallest absolute Gasteiger partial charge is 0.320 e. The number of pyridine rings is 1. The lowest BCUT2D eigenvalue weighted by Gasteiger charge is -2.33. The Morgan fingerprint density at radius 1 is 1.50 bits per heavy atom. The fourth-order valence-electron chi connectivity index (χ4n) is 4.36.